The normalized spacial score (nSPS) is 10.2. The highest BCUT2D eigenvalue weighted by Crippen LogP contribution is 2.35. The molecule has 0 aromatic heterocycles. The minimum Gasteiger partial charge on any atom is -0.497 e. The fourth-order valence-corrected chi connectivity index (χ4v) is 2.55. The van der Waals surface area contributed by atoms with Crippen LogP contribution in [0, 0.1) is 0 Å². The molecule has 0 aliphatic carbocycles. The molecule has 0 radical (unpaired) electrons. The quantitative estimate of drug-likeness (QED) is 0.639. The van der Waals surface area contributed by atoms with Crippen LogP contribution in [0.5, 0.6) is 23.0 Å². The summed E-state index contributed by atoms with van der Waals surface area (Å²) in [6.07, 6.45) is 0.717. The second kappa shape index (κ2) is 9.47. The zero-order valence-electron chi connectivity index (χ0n) is 15.5. The van der Waals surface area contributed by atoms with Gasteiger partial charge >= 0.3 is 5.97 Å². The number of carboxylic acids is 1. The lowest BCUT2D eigenvalue weighted by atomic mass is 10.0. The van der Waals surface area contributed by atoms with Gasteiger partial charge in [0.15, 0.2) is 12.4 Å². The Morgan fingerprint density at radius 3 is 2.07 bits per heavy atom. The molecule has 0 aliphatic heterocycles. The van der Waals surface area contributed by atoms with Gasteiger partial charge in [-0.1, -0.05) is 12.1 Å². The molecule has 2 aromatic rings. The van der Waals surface area contributed by atoms with Crippen molar-refractivity contribution in [2.24, 2.45) is 0 Å². The fourth-order valence-electron chi connectivity index (χ4n) is 2.55. The molecule has 0 spiro atoms. The largest absolute Gasteiger partial charge is 0.497 e. The Bertz CT molecular complexity index is 797. The number of hydrogen-bond acceptors (Lipinski definition) is 6. The molecule has 0 amide bonds. The highest BCUT2D eigenvalue weighted by molar-refractivity contribution is 6.01. The van der Waals surface area contributed by atoms with Gasteiger partial charge in [0.05, 0.1) is 21.3 Å². The van der Waals surface area contributed by atoms with E-state index >= 15 is 0 Å². The number of carbonyl (C=O) groups is 2. The summed E-state index contributed by atoms with van der Waals surface area (Å²) in [6.45, 7) is -0.574. The second-order valence-corrected chi connectivity index (χ2v) is 5.66. The topological polar surface area (TPSA) is 91.3 Å². The van der Waals surface area contributed by atoms with Crippen LogP contribution in [0.4, 0.5) is 0 Å². The lowest BCUT2D eigenvalue weighted by Crippen LogP contribution is -2.13. The van der Waals surface area contributed by atoms with Crippen molar-refractivity contribution >= 4 is 11.8 Å². The van der Waals surface area contributed by atoms with E-state index in [-0.39, 0.29) is 29.3 Å². The van der Waals surface area contributed by atoms with Crippen molar-refractivity contribution in [2.45, 2.75) is 12.8 Å². The number of rotatable bonds is 10. The molecule has 0 atom stereocenters. The van der Waals surface area contributed by atoms with Gasteiger partial charge in [-0.25, -0.2) is 4.79 Å². The summed E-state index contributed by atoms with van der Waals surface area (Å²) in [4.78, 5) is 23.7. The molecule has 2 aromatic carbocycles. The van der Waals surface area contributed by atoms with Crippen LogP contribution in [-0.2, 0) is 11.2 Å². The van der Waals surface area contributed by atoms with Crippen molar-refractivity contribution in [1.82, 2.24) is 0 Å². The highest BCUT2D eigenvalue weighted by atomic mass is 16.5. The third-order valence-corrected chi connectivity index (χ3v) is 3.92. The first kappa shape index (κ1) is 20.1. The van der Waals surface area contributed by atoms with Gasteiger partial charge in [0.1, 0.15) is 28.6 Å². The molecule has 0 unspecified atom stereocenters. The number of Topliss-reactive ketones (excluding diaryl/α,β-unsaturated/α-hetero) is 1. The Labute approximate surface area is 157 Å². The lowest BCUT2D eigenvalue weighted by molar-refractivity contribution is -0.139. The summed E-state index contributed by atoms with van der Waals surface area (Å²) in [6, 6.07) is 10.5. The van der Waals surface area contributed by atoms with Crippen LogP contribution in [-0.4, -0.2) is 44.8 Å². The van der Waals surface area contributed by atoms with Crippen molar-refractivity contribution in [1.29, 1.82) is 0 Å². The van der Waals surface area contributed by atoms with Gasteiger partial charge in [0.25, 0.3) is 0 Å². The van der Waals surface area contributed by atoms with Gasteiger partial charge in [0.2, 0.25) is 0 Å². The van der Waals surface area contributed by atoms with E-state index in [1.165, 1.54) is 20.3 Å². The number of methoxy groups -OCH3 is 3. The third kappa shape index (κ3) is 5.37. The van der Waals surface area contributed by atoms with Crippen molar-refractivity contribution < 1.29 is 33.6 Å². The maximum Gasteiger partial charge on any atom is 0.341 e. The van der Waals surface area contributed by atoms with E-state index in [4.69, 9.17) is 24.1 Å². The Hall–Kier alpha value is -3.22. The molecule has 1 N–H and O–H groups in total. The van der Waals surface area contributed by atoms with E-state index in [0.29, 0.717) is 12.2 Å². The minimum absolute atomic E-state index is 0.119. The molecular formula is C20H22O7. The molecule has 27 heavy (non-hydrogen) atoms. The van der Waals surface area contributed by atoms with E-state index in [1.807, 2.05) is 24.3 Å². The molecule has 144 valence electrons. The molecule has 0 heterocycles. The maximum absolute atomic E-state index is 12.8. The molecule has 7 nitrogen and oxygen atoms in total. The first-order chi connectivity index (χ1) is 13.0. The lowest BCUT2D eigenvalue weighted by Gasteiger charge is -2.15. The van der Waals surface area contributed by atoms with Gasteiger partial charge < -0.3 is 24.1 Å². The zero-order chi connectivity index (χ0) is 19.8. The summed E-state index contributed by atoms with van der Waals surface area (Å²) < 4.78 is 20.9. The summed E-state index contributed by atoms with van der Waals surface area (Å²) in [5.41, 5.74) is 1.18. The Morgan fingerprint density at radius 2 is 1.52 bits per heavy atom. The summed E-state index contributed by atoms with van der Waals surface area (Å²) in [5, 5.41) is 8.87. The van der Waals surface area contributed by atoms with Gasteiger partial charge in [-0.05, 0) is 24.1 Å². The molecule has 0 bridgehead atoms. The Morgan fingerprint density at radius 1 is 0.889 bits per heavy atom. The number of benzene rings is 2. The van der Waals surface area contributed by atoms with E-state index in [1.54, 1.807) is 13.2 Å². The van der Waals surface area contributed by atoms with Gasteiger partial charge in [0, 0.05) is 18.6 Å². The third-order valence-electron chi connectivity index (χ3n) is 3.92. The average molecular weight is 374 g/mol. The van der Waals surface area contributed by atoms with E-state index in [2.05, 4.69) is 0 Å². The highest BCUT2D eigenvalue weighted by Gasteiger charge is 2.21. The van der Waals surface area contributed by atoms with Crippen molar-refractivity contribution in [3.8, 4) is 23.0 Å². The standard InChI is InChI=1S/C20H22O7/c1-24-14-7-4-13(5-8-14)6-9-16(21)20-17(26-3)10-15(25-2)11-18(20)27-12-19(22)23/h4-5,7-8,10-11H,6,9,12H2,1-3H3,(H,22,23). The first-order valence-corrected chi connectivity index (χ1v) is 8.25. The van der Waals surface area contributed by atoms with Gasteiger partial charge in [-0.2, -0.15) is 0 Å². The van der Waals surface area contributed by atoms with Crippen LogP contribution in [0.3, 0.4) is 0 Å². The molecular weight excluding hydrogens is 352 g/mol. The number of aliphatic carboxylic acids is 1. The van der Waals surface area contributed by atoms with Crippen LogP contribution in [0.1, 0.15) is 22.3 Å². The van der Waals surface area contributed by atoms with Crippen molar-refractivity contribution in [3.05, 3.63) is 47.5 Å². The van der Waals surface area contributed by atoms with E-state index in [0.717, 1.165) is 11.3 Å². The van der Waals surface area contributed by atoms with Crippen molar-refractivity contribution in [2.75, 3.05) is 27.9 Å². The first-order valence-electron chi connectivity index (χ1n) is 8.25. The number of aryl methyl sites for hydroxylation is 1. The fraction of sp³-hybridized carbons (Fsp3) is 0.300. The molecule has 2 rings (SSSR count). The minimum atomic E-state index is -1.14. The van der Waals surface area contributed by atoms with Gasteiger partial charge in [-0.15, -0.1) is 0 Å². The monoisotopic (exact) mass is 374 g/mol. The summed E-state index contributed by atoms with van der Waals surface area (Å²) in [7, 11) is 4.48. The van der Waals surface area contributed by atoms with Crippen LogP contribution in [0.2, 0.25) is 0 Å². The van der Waals surface area contributed by atoms with Crippen LogP contribution in [0.15, 0.2) is 36.4 Å². The zero-order valence-corrected chi connectivity index (χ0v) is 15.5. The Kier molecular flexibility index (Phi) is 7.05. The van der Waals surface area contributed by atoms with Crippen LogP contribution < -0.4 is 18.9 Å². The molecule has 7 heteroatoms. The van der Waals surface area contributed by atoms with E-state index < -0.39 is 12.6 Å². The molecule has 0 saturated carbocycles. The molecule has 0 aliphatic rings. The van der Waals surface area contributed by atoms with Gasteiger partial charge in [-0.3, -0.25) is 4.79 Å². The van der Waals surface area contributed by atoms with E-state index in [9.17, 15) is 9.59 Å². The number of hydrogen-bond donors (Lipinski definition) is 1. The summed E-state index contributed by atoms with van der Waals surface area (Å²) >= 11 is 0. The predicted octanol–water partition coefficient (Wildman–Crippen LogP) is 2.99. The average Bonchev–Trinajstić information content (AvgIpc) is 2.69. The molecule has 0 saturated heterocycles. The number of ketones is 1. The summed E-state index contributed by atoms with van der Waals surface area (Å²) in [5.74, 6) is 0.173. The van der Waals surface area contributed by atoms with Crippen LogP contribution >= 0.6 is 0 Å². The number of ether oxygens (including phenoxy) is 4. The second-order valence-electron chi connectivity index (χ2n) is 5.66. The number of carbonyl (C=O) groups excluding carboxylic acids is 1. The van der Waals surface area contributed by atoms with Crippen molar-refractivity contribution in [3.63, 3.8) is 0 Å². The molecule has 0 fully saturated rings. The SMILES string of the molecule is COc1ccc(CCC(=O)c2c(OC)cc(OC)cc2OCC(=O)O)cc1. The number of carboxylic acid groups (broad SMARTS) is 1. The predicted molar refractivity (Wildman–Crippen MR) is 98.3 cm³/mol. The smallest absolute Gasteiger partial charge is 0.341 e. The Balaban J connectivity index is 2.24. The van der Waals surface area contributed by atoms with Crippen LogP contribution in [0.25, 0.3) is 0 Å². The maximum atomic E-state index is 12.8.